The molecule has 1 aliphatic heterocycles. The molecule has 3 aromatic rings. The van der Waals surface area contributed by atoms with Gasteiger partial charge in [-0.2, -0.15) is 0 Å². The summed E-state index contributed by atoms with van der Waals surface area (Å²) in [5, 5.41) is 16.3. The molecule has 2 aromatic heterocycles. The summed E-state index contributed by atoms with van der Waals surface area (Å²) in [6.07, 6.45) is 4.26. The molecule has 0 saturated heterocycles. The van der Waals surface area contributed by atoms with Crippen LogP contribution in [0.5, 0.6) is 0 Å². The molecule has 10 heteroatoms. The number of carbonyl (C=O) groups is 1. The number of aliphatic carboxylic acids is 1. The smallest absolute Gasteiger partial charge is 0.326 e. The number of rotatable bonds is 17. The summed E-state index contributed by atoms with van der Waals surface area (Å²) in [6.45, 7) is 2.13. The lowest BCUT2D eigenvalue weighted by Crippen LogP contribution is -2.37. The highest BCUT2D eigenvalue weighted by atomic mass is 19.3. The molecule has 1 aliphatic rings. The van der Waals surface area contributed by atoms with Crippen LogP contribution >= 0.6 is 0 Å². The Labute approximate surface area is 240 Å². The predicted octanol–water partition coefficient (Wildman–Crippen LogP) is 5.36. The lowest BCUT2D eigenvalue weighted by Gasteiger charge is -2.24. The second kappa shape index (κ2) is 16.0. The molecule has 1 atom stereocenters. The zero-order chi connectivity index (χ0) is 28.9. The van der Waals surface area contributed by atoms with E-state index in [0.29, 0.717) is 31.9 Å². The molecule has 0 saturated carbocycles. The van der Waals surface area contributed by atoms with Crippen molar-refractivity contribution in [1.82, 2.24) is 14.9 Å². The summed E-state index contributed by atoms with van der Waals surface area (Å²) in [6, 6.07) is 16.9. The molecule has 8 nitrogen and oxygen atoms in total. The zero-order valence-electron chi connectivity index (χ0n) is 23.3. The monoisotopic (exact) mass is 567 g/mol. The van der Waals surface area contributed by atoms with E-state index in [1.807, 2.05) is 42.5 Å². The number of nitrogens with zero attached hydrogens (tertiary/aromatic N) is 3. The van der Waals surface area contributed by atoms with Crippen LogP contribution in [0.15, 0.2) is 60.8 Å². The first-order valence-electron chi connectivity index (χ1n) is 14.3. The maximum atomic E-state index is 12.5. The first-order valence-corrected chi connectivity index (χ1v) is 14.3. The number of hydrogen-bond donors (Lipinski definition) is 3. The highest BCUT2D eigenvalue weighted by molar-refractivity contribution is 5.77. The average Bonchev–Trinajstić information content (AvgIpc) is 2.99. The van der Waals surface area contributed by atoms with Gasteiger partial charge in [-0.05, 0) is 80.0 Å². The third kappa shape index (κ3) is 10.1. The minimum Gasteiger partial charge on any atom is -0.480 e. The maximum Gasteiger partial charge on any atom is 0.326 e. The Kier molecular flexibility index (Phi) is 11.8. The fourth-order valence-electron chi connectivity index (χ4n) is 4.92. The second-order valence-electron chi connectivity index (χ2n) is 10.2. The number of anilines is 2. The normalized spacial score (nSPS) is 13.6. The number of carboxylic acid groups (broad SMARTS) is 1. The van der Waals surface area contributed by atoms with Gasteiger partial charge in [0.25, 0.3) is 6.43 Å². The summed E-state index contributed by atoms with van der Waals surface area (Å²) in [7, 11) is 0. The number of nitrogens with one attached hydrogen (secondary N) is 2. The molecule has 0 aliphatic carbocycles. The van der Waals surface area contributed by atoms with Gasteiger partial charge in [-0.25, -0.2) is 23.5 Å². The van der Waals surface area contributed by atoms with Crippen LogP contribution in [0.25, 0.3) is 11.1 Å². The molecule has 1 unspecified atom stereocenters. The topological polar surface area (TPSA) is 99.6 Å². The van der Waals surface area contributed by atoms with E-state index >= 15 is 0 Å². The van der Waals surface area contributed by atoms with Crippen molar-refractivity contribution >= 4 is 17.6 Å². The summed E-state index contributed by atoms with van der Waals surface area (Å²) in [4.78, 5) is 23.3. The number of halogens is 2. The Balaban J connectivity index is 1.30. The van der Waals surface area contributed by atoms with Gasteiger partial charge in [-0.3, -0.25) is 0 Å². The van der Waals surface area contributed by atoms with Crippen molar-refractivity contribution in [1.29, 1.82) is 0 Å². The number of pyridine rings is 2. The molecule has 0 radical (unpaired) electrons. The van der Waals surface area contributed by atoms with Crippen molar-refractivity contribution in [2.75, 3.05) is 50.0 Å². The van der Waals surface area contributed by atoms with Crippen LogP contribution in [0.1, 0.15) is 36.9 Å². The van der Waals surface area contributed by atoms with Gasteiger partial charge in [0.2, 0.25) is 0 Å². The van der Waals surface area contributed by atoms with Gasteiger partial charge in [0.1, 0.15) is 24.3 Å². The van der Waals surface area contributed by atoms with Crippen LogP contribution in [-0.2, 0) is 22.4 Å². The number of unbranched alkanes of at least 4 members (excludes halogenated alkanes) is 1. The van der Waals surface area contributed by atoms with Gasteiger partial charge in [-0.1, -0.05) is 36.4 Å². The van der Waals surface area contributed by atoms with Crippen LogP contribution in [0.2, 0.25) is 0 Å². The quantitative estimate of drug-likeness (QED) is 0.188. The van der Waals surface area contributed by atoms with E-state index in [0.717, 1.165) is 61.3 Å². The third-order valence-corrected chi connectivity index (χ3v) is 7.13. The average molecular weight is 568 g/mol. The molecule has 4 rings (SSSR count). The number of fused-ring (bicyclic) bond motifs is 1. The molecule has 41 heavy (non-hydrogen) atoms. The lowest BCUT2D eigenvalue weighted by atomic mass is 10.1. The Morgan fingerprint density at radius 1 is 1.07 bits per heavy atom. The van der Waals surface area contributed by atoms with E-state index in [4.69, 9.17) is 9.72 Å². The predicted molar refractivity (Wildman–Crippen MR) is 157 cm³/mol. The number of alkyl halides is 2. The van der Waals surface area contributed by atoms with Gasteiger partial charge >= 0.3 is 5.97 Å². The van der Waals surface area contributed by atoms with Gasteiger partial charge in [0.15, 0.2) is 0 Å². The molecule has 0 amide bonds. The van der Waals surface area contributed by atoms with E-state index < -0.39 is 25.0 Å². The van der Waals surface area contributed by atoms with Crippen LogP contribution in [0.4, 0.5) is 20.4 Å². The fourth-order valence-corrected chi connectivity index (χ4v) is 4.92. The van der Waals surface area contributed by atoms with E-state index in [1.54, 1.807) is 6.20 Å². The Morgan fingerprint density at radius 2 is 1.93 bits per heavy atom. The Bertz CT molecular complexity index is 1230. The van der Waals surface area contributed by atoms with E-state index in [1.165, 1.54) is 5.56 Å². The van der Waals surface area contributed by atoms with Crippen molar-refractivity contribution in [2.45, 2.75) is 51.0 Å². The molecular formula is C31H39F2N5O3. The van der Waals surface area contributed by atoms with Crippen LogP contribution in [0, 0.1) is 0 Å². The van der Waals surface area contributed by atoms with Gasteiger partial charge in [0.05, 0.1) is 6.61 Å². The summed E-state index contributed by atoms with van der Waals surface area (Å²) in [5.74, 6) is 0.498. The lowest BCUT2D eigenvalue weighted by molar-refractivity contribution is -0.138. The summed E-state index contributed by atoms with van der Waals surface area (Å²) < 4.78 is 30.2. The molecule has 0 fully saturated rings. The fraction of sp³-hybridized carbons (Fsp3) is 0.452. The number of carboxylic acids is 1. The number of ether oxygens (including phenoxy) is 1. The number of benzene rings is 1. The van der Waals surface area contributed by atoms with E-state index in [-0.39, 0.29) is 6.61 Å². The minimum absolute atomic E-state index is 0.161. The van der Waals surface area contributed by atoms with Gasteiger partial charge < -0.3 is 25.4 Å². The zero-order valence-corrected chi connectivity index (χ0v) is 23.3. The molecule has 3 N–H and O–H groups in total. The van der Waals surface area contributed by atoms with Crippen molar-refractivity contribution in [3.63, 3.8) is 0 Å². The standard InChI is InChI=1S/C31H39F2N5O3/c32-28(33)22-41-20-19-38(17-5-4-10-26-12-11-24-9-6-15-35-30(24)36-26)18-14-27(31(39)40)37-29-21-25(13-16-34-29)23-7-2-1-3-8-23/h1-3,7-8,11-13,16,21,27-28H,4-6,9-10,14-15,17-20,22H2,(H,34,37)(H,35,36)(H,39,40). The molecule has 0 bridgehead atoms. The van der Waals surface area contributed by atoms with Gasteiger partial charge in [-0.15, -0.1) is 0 Å². The van der Waals surface area contributed by atoms with E-state index in [2.05, 4.69) is 32.7 Å². The first-order chi connectivity index (χ1) is 20.0. The van der Waals surface area contributed by atoms with Crippen LogP contribution in [-0.4, -0.2) is 77.8 Å². The van der Waals surface area contributed by atoms with Crippen molar-refractivity contribution in [3.8, 4) is 11.1 Å². The van der Waals surface area contributed by atoms with Crippen LogP contribution < -0.4 is 10.6 Å². The number of aryl methyl sites for hydroxylation is 2. The third-order valence-electron chi connectivity index (χ3n) is 7.13. The Morgan fingerprint density at radius 3 is 2.73 bits per heavy atom. The first kappa shape index (κ1) is 30.3. The second-order valence-corrected chi connectivity index (χ2v) is 10.2. The highest BCUT2D eigenvalue weighted by Crippen LogP contribution is 2.22. The maximum absolute atomic E-state index is 12.5. The minimum atomic E-state index is -2.51. The molecule has 1 aromatic carbocycles. The molecule has 3 heterocycles. The highest BCUT2D eigenvalue weighted by Gasteiger charge is 2.20. The summed E-state index contributed by atoms with van der Waals surface area (Å²) >= 11 is 0. The Hall–Kier alpha value is -3.63. The number of aromatic nitrogens is 2. The van der Waals surface area contributed by atoms with E-state index in [9.17, 15) is 18.7 Å². The van der Waals surface area contributed by atoms with Crippen molar-refractivity contribution in [3.05, 3.63) is 72.1 Å². The molecule has 220 valence electrons. The largest absolute Gasteiger partial charge is 0.480 e. The molecule has 0 spiro atoms. The number of hydrogen-bond acceptors (Lipinski definition) is 7. The van der Waals surface area contributed by atoms with Crippen molar-refractivity contribution < 1.29 is 23.4 Å². The summed E-state index contributed by atoms with van der Waals surface area (Å²) in [5.41, 5.74) is 4.26. The van der Waals surface area contributed by atoms with Gasteiger partial charge in [0, 0.05) is 31.5 Å². The van der Waals surface area contributed by atoms with Crippen LogP contribution in [0.3, 0.4) is 0 Å². The van der Waals surface area contributed by atoms with Crippen molar-refractivity contribution in [2.24, 2.45) is 0 Å². The SMILES string of the molecule is O=C(O)C(CCN(CCCCc1ccc2c(n1)NCCC2)CCOCC(F)F)Nc1cc(-c2ccccc2)ccn1. The molecular weight excluding hydrogens is 528 g/mol.